The molecule has 0 saturated heterocycles. The first-order valence-corrected chi connectivity index (χ1v) is 5.10. The van der Waals surface area contributed by atoms with Crippen LogP contribution in [0.1, 0.15) is 39.0 Å². The molecule has 2 rings (SSSR count). The van der Waals surface area contributed by atoms with Crippen molar-refractivity contribution in [2.45, 2.75) is 44.6 Å². The average molecular weight is 184 g/mol. The quantitative estimate of drug-likeness (QED) is 0.618. The Balaban J connectivity index is 1.90. The fourth-order valence-electron chi connectivity index (χ4n) is 2.61. The van der Waals surface area contributed by atoms with Gasteiger partial charge in [-0.1, -0.05) is 0 Å². The summed E-state index contributed by atoms with van der Waals surface area (Å²) in [5, 5.41) is 0. The van der Waals surface area contributed by atoms with Crippen LogP contribution in [0.15, 0.2) is 0 Å². The summed E-state index contributed by atoms with van der Waals surface area (Å²) in [4.78, 5) is 11.1. The van der Waals surface area contributed by atoms with Crippen molar-refractivity contribution in [3.8, 4) is 0 Å². The molecule has 13 heavy (non-hydrogen) atoms. The smallest absolute Gasteiger partial charge is 0.435 e. The molecular weight excluding hydrogens is 168 g/mol. The SMILES string of the molecule is CCOC(=O)OC12CCC(CC1)C2. The number of fused-ring (bicyclic) bond motifs is 2. The van der Waals surface area contributed by atoms with E-state index in [1.807, 2.05) is 0 Å². The third-order valence-electron chi connectivity index (χ3n) is 3.24. The van der Waals surface area contributed by atoms with Gasteiger partial charge in [0, 0.05) is 0 Å². The molecule has 2 bridgehead atoms. The fraction of sp³-hybridized carbons (Fsp3) is 0.900. The summed E-state index contributed by atoms with van der Waals surface area (Å²) in [5.74, 6) is 0.800. The zero-order chi connectivity index (χ0) is 9.31. The van der Waals surface area contributed by atoms with Gasteiger partial charge < -0.3 is 9.47 Å². The van der Waals surface area contributed by atoms with Crippen LogP contribution in [0.4, 0.5) is 4.79 Å². The second kappa shape index (κ2) is 3.20. The van der Waals surface area contributed by atoms with E-state index < -0.39 is 6.16 Å². The van der Waals surface area contributed by atoms with Gasteiger partial charge in [-0.25, -0.2) is 4.79 Å². The van der Waals surface area contributed by atoms with Gasteiger partial charge in [0.05, 0.1) is 6.61 Å². The van der Waals surface area contributed by atoms with Crippen LogP contribution in [-0.2, 0) is 9.47 Å². The van der Waals surface area contributed by atoms with Crippen molar-refractivity contribution in [2.24, 2.45) is 5.92 Å². The Labute approximate surface area is 78.4 Å². The van der Waals surface area contributed by atoms with Gasteiger partial charge in [0.15, 0.2) is 0 Å². The van der Waals surface area contributed by atoms with Gasteiger partial charge in [-0.05, 0) is 44.9 Å². The van der Waals surface area contributed by atoms with E-state index in [1.165, 1.54) is 12.8 Å². The molecule has 0 amide bonds. The molecule has 2 aliphatic rings. The van der Waals surface area contributed by atoms with Crippen molar-refractivity contribution in [3.05, 3.63) is 0 Å². The largest absolute Gasteiger partial charge is 0.508 e. The van der Waals surface area contributed by atoms with Gasteiger partial charge in [0.1, 0.15) is 5.60 Å². The second-order valence-corrected chi connectivity index (χ2v) is 4.12. The van der Waals surface area contributed by atoms with Crippen LogP contribution < -0.4 is 0 Å². The van der Waals surface area contributed by atoms with Crippen molar-refractivity contribution in [3.63, 3.8) is 0 Å². The minimum atomic E-state index is -0.481. The molecule has 0 spiro atoms. The first-order valence-electron chi connectivity index (χ1n) is 5.10. The van der Waals surface area contributed by atoms with E-state index in [2.05, 4.69) is 0 Å². The van der Waals surface area contributed by atoms with Crippen LogP contribution in [-0.4, -0.2) is 18.4 Å². The summed E-state index contributed by atoms with van der Waals surface area (Å²) >= 11 is 0. The lowest BCUT2D eigenvalue weighted by Gasteiger charge is -2.25. The van der Waals surface area contributed by atoms with E-state index in [-0.39, 0.29) is 5.60 Å². The summed E-state index contributed by atoms with van der Waals surface area (Å²) < 4.78 is 10.2. The molecule has 3 nitrogen and oxygen atoms in total. The van der Waals surface area contributed by atoms with Gasteiger partial charge in [0.2, 0.25) is 0 Å². The molecule has 3 heteroatoms. The Bertz CT molecular complexity index is 204. The van der Waals surface area contributed by atoms with Crippen LogP contribution in [0, 0.1) is 5.92 Å². The van der Waals surface area contributed by atoms with Gasteiger partial charge >= 0.3 is 6.16 Å². The van der Waals surface area contributed by atoms with E-state index in [4.69, 9.17) is 9.47 Å². The molecule has 2 aliphatic carbocycles. The standard InChI is InChI=1S/C10H16O3/c1-2-12-9(11)13-10-5-3-8(7-10)4-6-10/h8H,2-7H2,1H3. The number of carbonyl (C=O) groups excluding carboxylic acids is 1. The number of carbonyl (C=O) groups is 1. The first kappa shape index (κ1) is 8.85. The van der Waals surface area contributed by atoms with Gasteiger partial charge in [-0.2, -0.15) is 0 Å². The third kappa shape index (κ3) is 1.64. The van der Waals surface area contributed by atoms with Crippen molar-refractivity contribution < 1.29 is 14.3 Å². The molecule has 0 unspecified atom stereocenters. The molecule has 0 aromatic heterocycles. The molecule has 0 aromatic rings. The molecule has 0 N–H and O–H groups in total. The first-order chi connectivity index (χ1) is 6.24. The minimum absolute atomic E-state index is 0.142. The third-order valence-corrected chi connectivity index (χ3v) is 3.24. The summed E-state index contributed by atoms with van der Waals surface area (Å²) in [7, 11) is 0. The van der Waals surface area contributed by atoms with Crippen molar-refractivity contribution in [1.82, 2.24) is 0 Å². The van der Waals surface area contributed by atoms with Crippen LogP contribution in [0.3, 0.4) is 0 Å². The molecular formula is C10H16O3. The Morgan fingerprint density at radius 2 is 2.15 bits per heavy atom. The Morgan fingerprint density at radius 3 is 2.62 bits per heavy atom. The fourth-order valence-corrected chi connectivity index (χ4v) is 2.61. The second-order valence-electron chi connectivity index (χ2n) is 4.12. The van der Waals surface area contributed by atoms with E-state index in [1.54, 1.807) is 6.92 Å². The number of ether oxygens (including phenoxy) is 2. The molecule has 0 heterocycles. The van der Waals surface area contributed by atoms with Crippen LogP contribution in [0.2, 0.25) is 0 Å². The Morgan fingerprint density at radius 1 is 1.46 bits per heavy atom. The highest BCUT2D eigenvalue weighted by atomic mass is 16.7. The van der Waals surface area contributed by atoms with Crippen LogP contribution in [0.5, 0.6) is 0 Å². The molecule has 0 aliphatic heterocycles. The number of hydrogen-bond acceptors (Lipinski definition) is 3. The Hall–Kier alpha value is -0.730. The average Bonchev–Trinajstić information content (AvgIpc) is 2.63. The van der Waals surface area contributed by atoms with E-state index in [0.29, 0.717) is 6.61 Å². The topological polar surface area (TPSA) is 35.5 Å². The van der Waals surface area contributed by atoms with Gasteiger partial charge in [0.25, 0.3) is 0 Å². The van der Waals surface area contributed by atoms with E-state index in [0.717, 1.165) is 25.2 Å². The predicted octanol–water partition coefficient (Wildman–Crippen LogP) is 2.49. The lowest BCUT2D eigenvalue weighted by atomic mass is 9.97. The zero-order valence-corrected chi connectivity index (χ0v) is 8.04. The van der Waals surface area contributed by atoms with Gasteiger partial charge in [-0.3, -0.25) is 0 Å². The molecule has 2 saturated carbocycles. The number of hydrogen-bond donors (Lipinski definition) is 0. The molecule has 0 atom stereocenters. The van der Waals surface area contributed by atoms with Crippen LogP contribution in [0.25, 0.3) is 0 Å². The molecule has 0 radical (unpaired) electrons. The highest BCUT2D eigenvalue weighted by molar-refractivity contribution is 5.60. The molecule has 2 fully saturated rings. The van der Waals surface area contributed by atoms with Crippen molar-refractivity contribution in [1.29, 1.82) is 0 Å². The highest BCUT2D eigenvalue weighted by Crippen LogP contribution is 2.49. The minimum Gasteiger partial charge on any atom is -0.435 e. The number of rotatable bonds is 2. The summed E-state index contributed by atoms with van der Waals surface area (Å²) in [6.07, 6.45) is 5.10. The molecule has 74 valence electrons. The monoisotopic (exact) mass is 184 g/mol. The maximum Gasteiger partial charge on any atom is 0.508 e. The van der Waals surface area contributed by atoms with Crippen LogP contribution >= 0.6 is 0 Å². The maximum absolute atomic E-state index is 11.1. The Kier molecular flexibility index (Phi) is 2.18. The van der Waals surface area contributed by atoms with E-state index in [9.17, 15) is 4.79 Å². The molecule has 0 aromatic carbocycles. The lowest BCUT2D eigenvalue weighted by molar-refractivity contribution is -0.0281. The van der Waals surface area contributed by atoms with Crippen molar-refractivity contribution in [2.75, 3.05) is 6.61 Å². The van der Waals surface area contributed by atoms with E-state index >= 15 is 0 Å². The van der Waals surface area contributed by atoms with Gasteiger partial charge in [-0.15, -0.1) is 0 Å². The highest BCUT2D eigenvalue weighted by Gasteiger charge is 2.48. The maximum atomic E-state index is 11.1. The normalized spacial score (nSPS) is 36.2. The summed E-state index contributed by atoms with van der Waals surface area (Å²) in [6.45, 7) is 2.20. The van der Waals surface area contributed by atoms with Crippen molar-refractivity contribution >= 4 is 6.16 Å². The summed E-state index contributed by atoms with van der Waals surface area (Å²) in [5.41, 5.74) is -0.142. The zero-order valence-electron chi connectivity index (χ0n) is 8.04. The summed E-state index contributed by atoms with van der Waals surface area (Å²) in [6, 6.07) is 0. The predicted molar refractivity (Wildman–Crippen MR) is 47.4 cm³/mol. The lowest BCUT2D eigenvalue weighted by Crippen LogP contribution is -2.30.